The van der Waals surface area contributed by atoms with E-state index in [9.17, 15) is 0 Å². The molecule has 0 fully saturated rings. The van der Waals surface area contributed by atoms with E-state index in [0.717, 1.165) is 12.2 Å². The Morgan fingerprint density at radius 2 is 2.38 bits per heavy atom. The lowest BCUT2D eigenvalue weighted by atomic mass is 10.3. The Hall–Kier alpha value is -1.13. The normalized spacial score (nSPS) is 10.2. The minimum absolute atomic E-state index is 0.195. The lowest BCUT2D eigenvalue weighted by Gasteiger charge is -2.02. The number of aromatic nitrogens is 1. The van der Waals surface area contributed by atoms with Crippen LogP contribution >= 0.6 is 0 Å². The molecule has 13 heavy (non-hydrogen) atoms. The van der Waals surface area contributed by atoms with Crippen molar-refractivity contribution in [3.8, 4) is 5.75 Å². The number of hydrogen-bond acceptors (Lipinski definition) is 4. The van der Waals surface area contributed by atoms with Gasteiger partial charge in [0.25, 0.3) is 0 Å². The molecule has 2 N–H and O–H groups in total. The number of methoxy groups -OCH3 is 1. The van der Waals surface area contributed by atoms with Gasteiger partial charge in [0.2, 0.25) is 0 Å². The second-order valence-electron chi connectivity index (χ2n) is 2.68. The van der Waals surface area contributed by atoms with E-state index >= 15 is 0 Å². The summed E-state index contributed by atoms with van der Waals surface area (Å²) in [5, 5.41) is 12.1. The van der Waals surface area contributed by atoms with Crippen LogP contribution in [-0.4, -0.2) is 30.4 Å². The van der Waals surface area contributed by atoms with Gasteiger partial charge in [0.1, 0.15) is 5.75 Å². The summed E-state index contributed by atoms with van der Waals surface area (Å²) in [6.07, 6.45) is 1.44. The van der Waals surface area contributed by atoms with Gasteiger partial charge >= 0.3 is 0 Å². The Morgan fingerprint density at radius 1 is 1.54 bits per heavy atom. The van der Waals surface area contributed by atoms with Crippen molar-refractivity contribution in [3.63, 3.8) is 0 Å². The van der Waals surface area contributed by atoms with Crippen LogP contribution in [0.2, 0.25) is 0 Å². The van der Waals surface area contributed by atoms with Crippen molar-refractivity contribution in [1.29, 1.82) is 0 Å². The lowest BCUT2D eigenvalue weighted by molar-refractivity contribution is 0.199. The van der Waals surface area contributed by atoms with Gasteiger partial charge in [-0.15, -0.1) is 0 Å². The van der Waals surface area contributed by atoms with Crippen LogP contribution in [0.1, 0.15) is 5.69 Å². The third kappa shape index (κ3) is 3.87. The Morgan fingerprint density at radius 3 is 3.00 bits per heavy atom. The maximum atomic E-state index is 8.96. The molecule has 0 aliphatic heterocycles. The zero-order valence-electron chi connectivity index (χ0n) is 7.66. The van der Waals surface area contributed by atoms with E-state index in [2.05, 4.69) is 10.3 Å². The molecule has 0 saturated heterocycles. The molecule has 0 saturated carbocycles. The SMILES string of the molecule is COCCNCc1ccc(O)cn1. The predicted molar refractivity (Wildman–Crippen MR) is 49.5 cm³/mol. The number of nitrogens with one attached hydrogen (secondary N) is 1. The van der Waals surface area contributed by atoms with E-state index in [-0.39, 0.29) is 5.75 Å². The van der Waals surface area contributed by atoms with Crippen LogP contribution in [0, 0.1) is 0 Å². The van der Waals surface area contributed by atoms with Crippen molar-refractivity contribution >= 4 is 0 Å². The maximum absolute atomic E-state index is 8.96. The summed E-state index contributed by atoms with van der Waals surface area (Å²) in [7, 11) is 1.67. The summed E-state index contributed by atoms with van der Waals surface area (Å²) in [5.74, 6) is 0.195. The highest BCUT2D eigenvalue weighted by molar-refractivity contribution is 5.17. The van der Waals surface area contributed by atoms with Crippen LogP contribution in [0.4, 0.5) is 0 Å². The van der Waals surface area contributed by atoms with Gasteiger partial charge in [-0.25, -0.2) is 0 Å². The van der Waals surface area contributed by atoms with Crippen LogP contribution in [0.3, 0.4) is 0 Å². The molecule has 0 atom stereocenters. The molecular weight excluding hydrogens is 168 g/mol. The zero-order valence-corrected chi connectivity index (χ0v) is 7.66. The van der Waals surface area contributed by atoms with Gasteiger partial charge in [-0.2, -0.15) is 0 Å². The highest BCUT2D eigenvalue weighted by Crippen LogP contribution is 2.05. The van der Waals surface area contributed by atoms with Gasteiger partial charge in [-0.1, -0.05) is 0 Å². The Bertz CT molecular complexity index is 236. The first-order valence-electron chi connectivity index (χ1n) is 4.16. The molecule has 0 aliphatic rings. The van der Waals surface area contributed by atoms with Gasteiger partial charge in [0.05, 0.1) is 18.5 Å². The van der Waals surface area contributed by atoms with E-state index in [0.29, 0.717) is 13.2 Å². The first kappa shape index (κ1) is 9.95. The summed E-state index contributed by atoms with van der Waals surface area (Å²) in [5.41, 5.74) is 0.911. The fraction of sp³-hybridized carbons (Fsp3) is 0.444. The van der Waals surface area contributed by atoms with Crippen molar-refractivity contribution in [3.05, 3.63) is 24.0 Å². The van der Waals surface area contributed by atoms with Crippen LogP contribution in [-0.2, 0) is 11.3 Å². The zero-order chi connectivity index (χ0) is 9.52. The van der Waals surface area contributed by atoms with Crippen molar-refractivity contribution in [2.24, 2.45) is 0 Å². The number of ether oxygens (including phenoxy) is 1. The third-order valence-electron chi connectivity index (χ3n) is 1.60. The molecule has 1 aromatic rings. The fourth-order valence-electron chi connectivity index (χ4n) is 0.912. The van der Waals surface area contributed by atoms with Crippen LogP contribution in [0.15, 0.2) is 18.3 Å². The standard InChI is InChI=1S/C9H14N2O2/c1-13-5-4-10-6-8-2-3-9(12)7-11-8/h2-3,7,10,12H,4-6H2,1H3. The van der Waals surface area contributed by atoms with E-state index in [1.54, 1.807) is 19.2 Å². The molecule has 1 rings (SSSR count). The minimum atomic E-state index is 0.195. The lowest BCUT2D eigenvalue weighted by Crippen LogP contribution is -2.18. The Labute approximate surface area is 77.6 Å². The topological polar surface area (TPSA) is 54.4 Å². The first-order chi connectivity index (χ1) is 6.33. The van der Waals surface area contributed by atoms with E-state index < -0.39 is 0 Å². The number of hydrogen-bond donors (Lipinski definition) is 2. The van der Waals surface area contributed by atoms with E-state index in [1.807, 2.05) is 0 Å². The van der Waals surface area contributed by atoms with Crippen LogP contribution < -0.4 is 5.32 Å². The summed E-state index contributed by atoms with van der Waals surface area (Å²) < 4.78 is 4.88. The maximum Gasteiger partial charge on any atom is 0.133 e. The Balaban J connectivity index is 2.25. The summed E-state index contributed by atoms with van der Waals surface area (Å²) in [6, 6.07) is 3.41. The summed E-state index contributed by atoms with van der Waals surface area (Å²) >= 11 is 0. The van der Waals surface area contributed by atoms with Gasteiger partial charge in [-0.05, 0) is 12.1 Å². The number of pyridine rings is 1. The van der Waals surface area contributed by atoms with E-state index in [4.69, 9.17) is 9.84 Å². The molecule has 0 amide bonds. The van der Waals surface area contributed by atoms with Crippen LogP contribution in [0.5, 0.6) is 5.75 Å². The van der Waals surface area contributed by atoms with Crippen molar-refractivity contribution < 1.29 is 9.84 Å². The molecule has 0 aromatic carbocycles. The van der Waals surface area contributed by atoms with Crippen molar-refractivity contribution in [2.75, 3.05) is 20.3 Å². The third-order valence-corrected chi connectivity index (χ3v) is 1.60. The van der Waals surface area contributed by atoms with Crippen molar-refractivity contribution in [2.45, 2.75) is 6.54 Å². The molecule has 0 bridgehead atoms. The number of nitrogens with zero attached hydrogens (tertiary/aromatic N) is 1. The van der Waals surface area contributed by atoms with Crippen molar-refractivity contribution in [1.82, 2.24) is 10.3 Å². The number of aromatic hydroxyl groups is 1. The average molecular weight is 182 g/mol. The van der Waals surface area contributed by atoms with Gasteiger partial charge in [-0.3, -0.25) is 4.98 Å². The second kappa shape index (κ2) is 5.50. The van der Waals surface area contributed by atoms with E-state index in [1.165, 1.54) is 6.20 Å². The molecular formula is C9H14N2O2. The largest absolute Gasteiger partial charge is 0.506 e. The molecule has 1 heterocycles. The molecule has 72 valence electrons. The second-order valence-corrected chi connectivity index (χ2v) is 2.68. The quantitative estimate of drug-likeness (QED) is 0.652. The predicted octanol–water partition coefficient (Wildman–Crippen LogP) is 0.523. The first-order valence-corrected chi connectivity index (χ1v) is 4.16. The Kier molecular flexibility index (Phi) is 4.21. The van der Waals surface area contributed by atoms with Gasteiger partial charge in [0.15, 0.2) is 0 Å². The fourth-order valence-corrected chi connectivity index (χ4v) is 0.912. The molecule has 0 radical (unpaired) electrons. The highest BCUT2D eigenvalue weighted by Gasteiger charge is 1.93. The molecule has 0 unspecified atom stereocenters. The average Bonchev–Trinajstić information content (AvgIpc) is 2.15. The molecule has 4 nitrogen and oxygen atoms in total. The smallest absolute Gasteiger partial charge is 0.133 e. The molecule has 0 spiro atoms. The van der Waals surface area contributed by atoms with Gasteiger partial charge < -0.3 is 15.2 Å². The summed E-state index contributed by atoms with van der Waals surface area (Å²) in [4.78, 5) is 4.02. The minimum Gasteiger partial charge on any atom is -0.506 e. The molecule has 1 aromatic heterocycles. The highest BCUT2D eigenvalue weighted by atomic mass is 16.5. The molecule has 0 aliphatic carbocycles. The monoisotopic (exact) mass is 182 g/mol. The van der Waals surface area contributed by atoms with Gasteiger partial charge in [0, 0.05) is 20.2 Å². The van der Waals surface area contributed by atoms with Crippen LogP contribution in [0.25, 0.3) is 0 Å². The summed E-state index contributed by atoms with van der Waals surface area (Å²) in [6.45, 7) is 2.20. The molecule has 4 heteroatoms. The number of rotatable bonds is 5.